The van der Waals surface area contributed by atoms with Crippen molar-refractivity contribution >= 4 is 6.08 Å². The number of halogens is 2. The van der Waals surface area contributed by atoms with E-state index in [1.165, 1.54) is 19.3 Å². The summed E-state index contributed by atoms with van der Waals surface area (Å²) >= 11 is 0. The van der Waals surface area contributed by atoms with Gasteiger partial charge in [-0.3, -0.25) is 0 Å². The van der Waals surface area contributed by atoms with Crippen LogP contribution in [0.15, 0.2) is 18.2 Å². The molecule has 0 saturated carbocycles. The van der Waals surface area contributed by atoms with Crippen molar-refractivity contribution in [2.24, 2.45) is 5.73 Å². The van der Waals surface area contributed by atoms with Gasteiger partial charge in [0.1, 0.15) is 0 Å². The smallest absolute Gasteiger partial charge is 0.166 e. The molecule has 1 rings (SSSR count). The lowest BCUT2D eigenvalue weighted by Crippen LogP contribution is -1.97. The van der Waals surface area contributed by atoms with E-state index in [1.54, 1.807) is 6.08 Å². The molecule has 0 radical (unpaired) electrons. The van der Waals surface area contributed by atoms with Crippen molar-refractivity contribution in [1.82, 2.24) is 0 Å². The molecule has 4 heteroatoms. The molecular formula is C11H13F2NO. The number of nitrogens with two attached hydrogens (primary N) is 1. The maximum absolute atomic E-state index is 13.2. The highest BCUT2D eigenvalue weighted by atomic mass is 19.2. The van der Waals surface area contributed by atoms with Gasteiger partial charge in [0.15, 0.2) is 11.6 Å². The largest absolute Gasteiger partial charge is 0.380 e. The summed E-state index contributed by atoms with van der Waals surface area (Å²) in [6.07, 6.45) is 3.02. The van der Waals surface area contributed by atoms with Crippen LogP contribution in [0, 0.1) is 11.6 Å². The molecular weight excluding hydrogens is 200 g/mol. The third-order valence-electron chi connectivity index (χ3n) is 1.86. The third kappa shape index (κ3) is 3.11. The predicted octanol–water partition coefficient (Wildman–Crippen LogP) is 2.08. The number of hydrogen-bond acceptors (Lipinski definition) is 2. The van der Waals surface area contributed by atoms with E-state index >= 15 is 0 Å². The molecule has 0 amide bonds. The van der Waals surface area contributed by atoms with E-state index < -0.39 is 11.6 Å². The van der Waals surface area contributed by atoms with Crippen molar-refractivity contribution in [2.75, 3.05) is 13.7 Å². The zero-order chi connectivity index (χ0) is 11.3. The molecule has 0 bridgehead atoms. The van der Waals surface area contributed by atoms with Gasteiger partial charge < -0.3 is 10.5 Å². The summed E-state index contributed by atoms with van der Waals surface area (Å²) in [5.74, 6) is -1.74. The second-order valence-corrected chi connectivity index (χ2v) is 3.05. The van der Waals surface area contributed by atoms with E-state index in [-0.39, 0.29) is 18.7 Å². The summed E-state index contributed by atoms with van der Waals surface area (Å²) in [7, 11) is 1.50. The molecule has 0 aliphatic heterocycles. The molecule has 1 aromatic rings. The van der Waals surface area contributed by atoms with E-state index in [9.17, 15) is 8.78 Å². The van der Waals surface area contributed by atoms with Gasteiger partial charge in [-0.15, -0.1) is 0 Å². The topological polar surface area (TPSA) is 35.2 Å². The van der Waals surface area contributed by atoms with Gasteiger partial charge in [-0.05, 0) is 17.7 Å². The molecule has 2 nitrogen and oxygen atoms in total. The van der Waals surface area contributed by atoms with Crippen LogP contribution >= 0.6 is 0 Å². The first-order chi connectivity index (χ1) is 7.19. The van der Waals surface area contributed by atoms with Gasteiger partial charge in [0.2, 0.25) is 0 Å². The van der Waals surface area contributed by atoms with Crippen molar-refractivity contribution in [1.29, 1.82) is 0 Å². The molecule has 0 fully saturated rings. The lowest BCUT2D eigenvalue weighted by molar-refractivity contribution is 0.184. The fraction of sp³-hybridized carbons (Fsp3) is 0.273. The van der Waals surface area contributed by atoms with Crippen LogP contribution in [0.4, 0.5) is 8.78 Å². The van der Waals surface area contributed by atoms with Crippen molar-refractivity contribution < 1.29 is 13.5 Å². The first kappa shape index (κ1) is 11.8. The second-order valence-electron chi connectivity index (χ2n) is 3.05. The van der Waals surface area contributed by atoms with Gasteiger partial charge in [0.05, 0.1) is 6.61 Å². The molecule has 0 atom stereocenters. The van der Waals surface area contributed by atoms with Gasteiger partial charge in [-0.2, -0.15) is 0 Å². The fourth-order valence-corrected chi connectivity index (χ4v) is 1.24. The molecule has 2 N–H and O–H groups in total. The molecule has 0 heterocycles. The first-order valence-corrected chi connectivity index (χ1v) is 4.52. The molecule has 0 spiro atoms. The summed E-state index contributed by atoms with van der Waals surface area (Å²) in [6.45, 7) is 0.538. The van der Waals surface area contributed by atoms with E-state index in [0.29, 0.717) is 5.56 Å². The van der Waals surface area contributed by atoms with Crippen LogP contribution in [-0.4, -0.2) is 13.7 Å². The zero-order valence-corrected chi connectivity index (χ0v) is 8.47. The van der Waals surface area contributed by atoms with E-state index in [4.69, 9.17) is 10.5 Å². The Morgan fingerprint density at radius 1 is 1.40 bits per heavy atom. The standard InChI is InChI=1S/C11H13F2NO/c1-15-7-8-5-9(3-2-4-14)11(13)10(12)6-8/h2-3,5-6H,4,7,14H2,1H3/b3-2+. The monoisotopic (exact) mass is 213 g/mol. The summed E-state index contributed by atoms with van der Waals surface area (Å²) in [5.41, 5.74) is 6.01. The molecule has 0 saturated heterocycles. The molecule has 0 aliphatic carbocycles. The first-order valence-electron chi connectivity index (χ1n) is 4.52. The van der Waals surface area contributed by atoms with Crippen LogP contribution < -0.4 is 5.73 Å². The maximum Gasteiger partial charge on any atom is 0.166 e. The Balaban J connectivity index is 3.07. The lowest BCUT2D eigenvalue weighted by atomic mass is 10.1. The Hall–Kier alpha value is -1.26. The highest BCUT2D eigenvalue weighted by Gasteiger charge is 2.08. The quantitative estimate of drug-likeness (QED) is 0.831. The van der Waals surface area contributed by atoms with Crippen LogP contribution in [0.3, 0.4) is 0 Å². The highest BCUT2D eigenvalue weighted by molar-refractivity contribution is 5.51. The normalized spacial score (nSPS) is 11.2. The van der Waals surface area contributed by atoms with Gasteiger partial charge in [-0.1, -0.05) is 12.2 Å². The van der Waals surface area contributed by atoms with Crippen molar-refractivity contribution in [3.05, 3.63) is 41.0 Å². The van der Waals surface area contributed by atoms with Crippen molar-refractivity contribution in [2.45, 2.75) is 6.61 Å². The number of ether oxygens (including phenoxy) is 1. The highest BCUT2D eigenvalue weighted by Crippen LogP contribution is 2.17. The van der Waals surface area contributed by atoms with E-state index in [1.807, 2.05) is 0 Å². The number of benzene rings is 1. The van der Waals surface area contributed by atoms with Crippen LogP contribution in [0.25, 0.3) is 6.08 Å². The Labute approximate surface area is 87.4 Å². The minimum Gasteiger partial charge on any atom is -0.380 e. The average molecular weight is 213 g/mol. The lowest BCUT2D eigenvalue weighted by Gasteiger charge is -2.04. The van der Waals surface area contributed by atoms with Gasteiger partial charge >= 0.3 is 0 Å². The number of hydrogen-bond donors (Lipinski definition) is 1. The third-order valence-corrected chi connectivity index (χ3v) is 1.86. The molecule has 15 heavy (non-hydrogen) atoms. The molecule has 0 unspecified atom stereocenters. The molecule has 0 aliphatic rings. The Morgan fingerprint density at radius 2 is 2.13 bits per heavy atom. The minimum atomic E-state index is -0.874. The maximum atomic E-state index is 13.2. The number of methoxy groups -OCH3 is 1. The summed E-state index contributed by atoms with van der Waals surface area (Å²) in [6, 6.07) is 2.66. The van der Waals surface area contributed by atoms with Crippen LogP contribution in [0.1, 0.15) is 11.1 Å². The Morgan fingerprint density at radius 3 is 2.73 bits per heavy atom. The van der Waals surface area contributed by atoms with Crippen LogP contribution in [0.5, 0.6) is 0 Å². The average Bonchev–Trinajstić information content (AvgIpc) is 2.21. The Bertz CT molecular complexity index is 364. The molecule has 82 valence electrons. The number of rotatable bonds is 4. The minimum absolute atomic E-state index is 0.188. The van der Waals surface area contributed by atoms with Crippen molar-refractivity contribution in [3.63, 3.8) is 0 Å². The SMILES string of the molecule is COCc1cc(F)c(F)c(/C=C/CN)c1. The predicted molar refractivity (Wildman–Crippen MR) is 55.2 cm³/mol. The van der Waals surface area contributed by atoms with Crippen molar-refractivity contribution in [3.8, 4) is 0 Å². The van der Waals surface area contributed by atoms with Gasteiger partial charge in [-0.25, -0.2) is 8.78 Å². The van der Waals surface area contributed by atoms with Crippen LogP contribution in [-0.2, 0) is 11.3 Å². The molecule has 0 aromatic heterocycles. The van der Waals surface area contributed by atoms with E-state index in [0.717, 1.165) is 6.07 Å². The second kappa shape index (κ2) is 5.58. The summed E-state index contributed by atoms with van der Waals surface area (Å²) < 4.78 is 31.2. The van der Waals surface area contributed by atoms with E-state index in [2.05, 4.69) is 0 Å². The van der Waals surface area contributed by atoms with Crippen LogP contribution in [0.2, 0.25) is 0 Å². The molecule has 1 aromatic carbocycles. The fourth-order valence-electron chi connectivity index (χ4n) is 1.24. The zero-order valence-electron chi connectivity index (χ0n) is 8.47. The Kier molecular flexibility index (Phi) is 4.39. The summed E-state index contributed by atoms with van der Waals surface area (Å²) in [4.78, 5) is 0. The van der Waals surface area contributed by atoms with Gasteiger partial charge in [0.25, 0.3) is 0 Å². The summed E-state index contributed by atoms with van der Waals surface area (Å²) in [5, 5.41) is 0. The van der Waals surface area contributed by atoms with Gasteiger partial charge in [0, 0.05) is 19.2 Å².